The molecule has 20 heavy (non-hydrogen) atoms. The van der Waals surface area contributed by atoms with Crippen LogP contribution in [0.1, 0.15) is 26.3 Å². The second-order valence-electron chi connectivity index (χ2n) is 6.00. The highest BCUT2D eigenvalue weighted by Gasteiger charge is 2.46. The van der Waals surface area contributed by atoms with Crippen LogP contribution in [0.3, 0.4) is 0 Å². The first kappa shape index (κ1) is 15.6. The van der Waals surface area contributed by atoms with E-state index < -0.39 is 17.3 Å². The van der Waals surface area contributed by atoms with Crippen LogP contribution in [0.5, 0.6) is 0 Å². The Morgan fingerprint density at radius 3 is 2.55 bits per heavy atom. The van der Waals surface area contributed by atoms with Gasteiger partial charge in [-0.15, -0.1) is 0 Å². The van der Waals surface area contributed by atoms with E-state index in [0.717, 1.165) is 10.0 Å². The second kappa shape index (κ2) is 5.20. The Balaban J connectivity index is 2.03. The molecule has 1 amide bonds. The minimum absolute atomic E-state index is 0.218. The van der Waals surface area contributed by atoms with E-state index in [9.17, 15) is 9.90 Å². The number of hydrogen-bond acceptors (Lipinski definition) is 3. The monoisotopic (exact) mass is 361 g/mol. The number of carbonyl (C=O) groups excluding carboxylic acids is 1. The van der Waals surface area contributed by atoms with Crippen molar-refractivity contribution in [1.29, 1.82) is 0 Å². The molecule has 6 heteroatoms. The Morgan fingerprint density at radius 2 is 2.05 bits per heavy atom. The second-order valence-corrected chi connectivity index (χ2v) is 7.26. The molecule has 4 nitrogen and oxygen atoms in total. The van der Waals surface area contributed by atoms with E-state index in [0.29, 0.717) is 5.02 Å². The van der Waals surface area contributed by atoms with Crippen LogP contribution in [0.2, 0.25) is 5.02 Å². The molecule has 2 rings (SSSR count). The average molecular weight is 363 g/mol. The number of ether oxygens (including phenoxy) is 1. The third-order valence-electron chi connectivity index (χ3n) is 3.01. The summed E-state index contributed by atoms with van der Waals surface area (Å²) in [5.41, 5.74) is -0.841. The van der Waals surface area contributed by atoms with Gasteiger partial charge in [-0.05, 0) is 54.4 Å². The van der Waals surface area contributed by atoms with Crippen LogP contribution in [-0.4, -0.2) is 34.8 Å². The maximum absolute atomic E-state index is 11.8. The number of β-amino-alcohol motifs (C(OH)–C–C–N with tert-alkyl or cyclic N) is 1. The van der Waals surface area contributed by atoms with E-state index in [1.165, 1.54) is 4.90 Å². The largest absolute Gasteiger partial charge is 0.444 e. The maximum atomic E-state index is 11.8. The lowest BCUT2D eigenvalue weighted by atomic mass is 9.86. The van der Waals surface area contributed by atoms with Crippen LogP contribution >= 0.6 is 27.5 Å². The van der Waals surface area contributed by atoms with Crippen molar-refractivity contribution >= 4 is 33.6 Å². The van der Waals surface area contributed by atoms with Crippen molar-refractivity contribution < 1.29 is 14.6 Å². The molecule has 1 saturated heterocycles. The van der Waals surface area contributed by atoms with Gasteiger partial charge in [-0.1, -0.05) is 17.7 Å². The van der Waals surface area contributed by atoms with Gasteiger partial charge < -0.3 is 14.7 Å². The first-order valence-electron chi connectivity index (χ1n) is 6.27. The minimum Gasteiger partial charge on any atom is -0.444 e. The van der Waals surface area contributed by atoms with Gasteiger partial charge in [0.2, 0.25) is 0 Å². The van der Waals surface area contributed by atoms with Crippen LogP contribution < -0.4 is 0 Å². The lowest BCUT2D eigenvalue weighted by Gasteiger charge is -2.46. The van der Waals surface area contributed by atoms with E-state index in [-0.39, 0.29) is 13.1 Å². The first-order valence-corrected chi connectivity index (χ1v) is 7.44. The number of benzene rings is 1. The Labute approximate surface area is 131 Å². The Morgan fingerprint density at radius 1 is 1.45 bits per heavy atom. The quantitative estimate of drug-likeness (QED) is 0.831. The van der Waals surface area contributed by atoms with Crippen molar-refractivity contribution in [3.05, 3.63) is 33.3 Å². The molecule has 0 bridgehead atoms. The molecular formula is C14H17BrClNO3. The van der Waals surface area contributed by atoms with E-state index in [1.807, 2.05) is 20.8 Å². The number of halogens is 2. The van der Waals surface area contributed by atoms with Crippen molar-refractivity contribution in [2.24, 2.45) is 0 Å². The number of hydrogen-bond donors (Lipinski definition) is 1. The normalized spacial score (nSPS) is 17.6. The van der Waals surface area contributed by atoms with E-state index in [1.54, 1.807) is 18.2 Å². The molecule has 0 aliphatic carbocycles. The number of likely N-dealkylation sites (tertiary alicyclic amines) is 1. The van der Waals surface area contributed by atoms with Gasteiger partial charge in [-0.25, -0.2) is 4.79 Å². The smallest absolute Gasteiger partial charge is 0.410 e. The Hall–Kier alpha value is -0.780. The van der Waals surface area contributed by atoms with Crippen molar-refractivity contribution in [2.45, 2.75) is 32.0 Å². The highest BCUT2D eigenvalue weighted by Crippen LogP contribution is 2.35. The molecule has 0 saturated carbocycles. The van der Waals surface area contributed by atoms with E-state index in [2.05, 4.69) is 15.9 Å². The van der Waals surface area contributed by atoms with Gasteiger partial charge in [0.1, 0.15) is 11.2 Å². The summed E-state index contributed by atoms with van der Waals surface area (Å²) in [5, 5.41) is 11.1. The number of nitrogens with zero attached hydrogens (tertiary/aromatic N) is 1. The zero-order chi connectivity index (χ0) is 15.1. The van der Waals surface area contributed by atoms with Crippen LogP contribution in [0.4, 0.5) is 4.79 Å². The molecule has 1 N–H and O–H groups in total. The number of amides is 1. The van der Waals surface area contributed by atoms with Crippen LogP contribution in [0, 0.1) is 0 Å². The molecule has 0 unspecified atom stereocenters. The predicted molar refractivity (Wildman–Crippen MR) is 80.9 cm³/mol. The summed E-state index contributed by atoms with van der Waals surface area (Å²) in [6.45, 7) is 5.87. The number of carbonyl (C=O) groups is 1. The van der Waals surface area contributed by atoms with Gasteiger partial charge in [0.15, 0.2) is 0 Å². The van der Waals surface area contributed by atoms with Gasteiger partial charge in [0.05, 0.1) is 18.1 Å². The van der Waals surface area contributed by atoms with Gasteiger partial charge >= 0.3 is 6.09 Å². The van der Waals surface area contributed by atoms with Crippen LogP contribution in [0.25, 0.3) is 0 Å². The van der Waals surface area contributed by atoms with Gasteiger partial charge in [-0.3, -0.25) is 0 Å². The molecule has 1 aliphatic heterocycles. The molecule has 0 spiro atoms. The summed E-state index contributed by atoms with van der Waals surface area (Å²) in [4.78, 5) is 13.3. The molecule has 0 atom stereocenters. The highest BCUT2D eigenvalue weighted by atomic mass is 79.9. The third kappa shape index (κ3) is 3.27. The van der Waals surface area contributed by atoms with Gasteiger partial charge in [0, 0.05) is 4.47 Å². The molecule has 1 heterocycles. The van der Waals surface area contributed by atoms with E-state index in [4.69, 9.17) is 16.3 Å². The van der Waals surface area contributed by atoms with Crippen LogP contribution in [0.15, 0.2) is 22.7 Å². The summed E-state index contributed by atoms with van der Waals surface area (Å²) >= 11 is 9.26. The summed E-state index contributed by atoms with van der Waals surface area (Å²) in [7, 11) is 0. The lowest BCUT2D eigenvalue weighted by Crippen LogP contribution is -2.61. The molecule has 1 aromatic rings. The standard InChI is InChI=1S/C14H17BrClNO3/c1-13(2,3)20-12(18)17-7-14(19,8-17)9-4-5-11(16)10(15)6-9/h4-6,19H,7-8H2,1-3H3. The van der Waals surface area contributed by atoms with Gasteiger partial charge in [0.25, 0.3) is 0 Å². The summed E-state index contributed by atoms with van der Waals surface area (Å²) in [5.74, 6) is 0. The molecular weight excluding hydrogens is 346 g/mol. The zero-order valence-corrected chi connectivity index (χ0v) is 14.0. The number of rotatable bonds is 1. The molecule has 1 fully saturated rings. The van der Waals surface area contributed by atoms with Gasteiger partial charge in [-0.2, -0.15) is 0 Å². The maximum Gasteiger partial charge on any atom is 0.410 e. The zero-order valence-electron chi connectivity index (χ0n) is 11.6. The fraction of sp³-hybridized carbons (Fsp3) is 0.500. The molecule has 1 aliphatic rings. The Kier molecular flexibility index (Phi) is 4.06. The highest BCUT2D eigenvalue weighted by molar-refractivity contribution is 9.10. The summed E-state index contributed by atoms with van der Waals surface area (Å²) in [6.07, 6.45) is -0.407. The van der Waals surface area contributed by atoms with Crippen molar-refractivity contribution in [3.63, 3.8) is 0 Å². The minimum atomic E-state index is -1.04. The Bertz CT molecular complexity index is 536. The fourth-order valence-corrected chi connectivity index (χ4v) is 2.51. The molecule has 1 aromatic carbocycles. The lowest BCUT2D eigenvalue weighted by molar-refractivity contribution is -0.103. The van der Waals surface area contributed by atoms with E-state index >= 15 is 0 Å². The predicted octanol–water partition coefficient (Wildman–Crippen LogP) is 3.54. The first-order chi connectivity index (χ1) is 9.11. The van der Waals surface area contributed by atoms with Crippen molar-refractivity contribution in [3.8, 4) is 0 Å². The average Bonchev–Trinajstić information content (AvgIpc) is 2.26. The topological polar surface area (TPSA) is 49.8 Å². The summed E-state index contributed by atoms with van der Waals surface area (Å²) in [6, 6.07) is 5.25. The SMILES string of the molecule is CC(C)(C)OC(=O)N1CC(O)(c2ccc(Cl)c(Br)c2)C1. The summed E-state index contributed by atoms with van der Waals surface area (Å²) < 4.78 is 5.98. The third-order valence-corrected chi connectivity index (χ3v) is 4.23. The molecule has 110 valence electrons. The van der Waals surface area contributed by atoms with Crippen molar-refractivity contribution in [1.82, 2.24) is 4.90 Å². The van der Waals surface area contributed by atoms with Crippen LogP contribution in [-0.2, 0) is 10.3 Å². The molecule has 0 aromatic heterocycles. The van der Waals surface area contributed by atoms with Crippen molar-refractivity contribution in [2.75, 3.05) is 13.1 Å². The number of aliphatic hydroxyl groups is 1. The molecule has 0 radical (unpaired) electrons. The fourth-order valence-electron chi connectivity index (χ4n) is 2.01.